The summed E-state index contributed by atoms with van der Waals surface area (Å²) in [6, 6.07) is 7.12. The van der Waals surface area contributed by atoms with Crippen molar-refractivity contribution in [3.8, 4) is 5.75 Å². The number of nitrogens with one attached hydrogen (secondary N) is 1. The second-order valence-electron chi connectivity index (χ2n) is 6.20. The highest BCUT2D eigenvalue weighted by molar-refractivity contribution is 5.44. The van der Waals surface area contributed by atoms with Crippen LogP contribution in [-0.4, -0.2) is 20.5 Å². The summed E-state index contributed by atoms with van der Waals surface area (Å²) in [6.07, 6.45) is 2.09. The minimum Gasteiger partial charge on any atom is -0.486 e. The molecule has 0 amide bonds. The largest absolute Gasteiger partial charge is 0.486 e. The molecule has 0 atom stereocenters. The first-order valence-corrected chi connectivity index (χ1v) is 7.58. The van der Waals surface area contributed by atoms with Crippen molar-refractivity contribution in [2.24, 2.45) is 0 Å². The molecular formula is C16H21N7O. The minimum atomic E-state index is -0.271. The standard InChI is InChI=1S/C16H21N7O/c1-10-8-16(2,3)23(22-10)15-20-13(19-14(18)21-15)9-24-12-6-4-11(17)5-7-12/h4-8,22H,9,17H2,1-3H3,(H2,18,19,20,21). The molecule has 126 valence electrons. The maximum atomic E-state index is 5.83. The zero-order chi connectivity index (χ0) is 17.3. The van der Waals surface area contributed by atoms with Crippen molar-refractivity contribution in [3.05, 3.63) is 41.9 Å². The van der Waals surface area contributed by atoms with Gasteiger partial charge in [-0.05, 0) is 51.1 Å². The van der Waals surface area contributed by atoms with Crippen molar-refractivity contribution in [3.63, 3.8) is 0 Å². The number of benzene rings is 1. The number of nitrogens with two attached hydrogens (primary N) is 2. The number of ether oxygens (including phenoxy) is 1. The Bertz CT molecular complexity index is 770. The van der Waals surface area contributed by atoms with Crippen molar-refractivity contribution in [2.45, 2.75) is 32.9 Å². The Morgan fingerprint density at radius 2 is 1.83 bits per heavy atom. The van der Waals surface area contributed by atoms with E-state index in [0.717, 1.165) is 5.70 Å². The van der Waals surface area contributed by atoms with Gasteiger partial charge in [0.25, 0.3) is 0 Å². The molecule has 0 bridgehead atoms. The Kier molecular flexibility index (Phi) is 3.88. The number of hydrazine groups is 1. The van der Waals surface area contributed by atoms with E-state index in [1.54, 1.807) is 24.3 Å². The summed E-state index contributed by atoms with van der Waals surface area (Å²) in [5, 5.41) is 1.85. The topological polar surface area (TPSA) is 115 Å². The van der Waals surface area contributed by atoms with Crippen LogP contribution in [0.15, 0.2) is 36.0 Å². The van der Waals surface area contributed by atoms with E-state index in [4.69, 9.17) is 16.2 Å². The van der Waals surface area contributed by atoms with Crippen molar-refractivity contribution < 1.29 is 4.74 Å². The molecule has 0 radical (unpaired) electrons. The lowest BCUT2D eigenvalue weighted by Gasteiger charge is -2.30. The first-order valence-electron chi connectivity index (χ1n) is 7.58. The van der Waals surface area contributed by atoms with E-state index in [2.05, 4.69) is 40.3 Å². The number of aromatic nitrogens is 3. The van der Waals surface area contributed by atoms with E-state index in [-0.39, 0.29) is 18.1 Å². The van der Waals surface area contributed by atoms with Gasteiger partial charge in [0.05, 0.1) is 5.54 Å². The normalized spacial score (nSPS) is 15.8. The number of allylic oxidation sites excluding steroid dienone is 1. The van der Waals surface area contributed by atoms with Crippen LogP contribution < -0.4 is 26.6 Å². The Morgan fingerprint density at radius 3 is 2.46 bits per heavy atom. The molecule has 2 heterocycles. The van der Waals surface area contributed by atoms with Crippen LogP contribution in [0.1, 0.15) is 26.6 Å². The summed E-state index contributed by atoms with van der Waals surface area (Å²) in [7, 11) is 0. The molecule has 5 N–H and O–H groups in total. The van der Waals surface area contributed by atoms with Gasteiger partial charge in [0, 0.05) is 11.4 Å². The van der Waals surface area contributed by atoms with Gasteiger partial charge >= 0.3 is 0 Å². The lowest BCUT2D eigenvalue weighted by molar-refractivity contribution is 0.295. The minimum absolute atomic E-state index is 0.151. The molecule has 0 spiro atoms. The quantitative estimate of drug-likeness (QED) is 0.726. The number of rotatable bonds is 4. The van der Waals surface area contributed by atoms with Gasteiger partial charge in [0.15, 0.2) is 5.82 Å². The van der Waals surface area contributed by atoms with Crippen molar-refractivity contribution in [1.29, 1.82) is 0 Å². The van der Waals surface area contributed by atoms with Gasteiger partial charge in [0.2, 0.25) is 11.9 Å². The average Bonchev–Trinajstić information content (AvgIpc) is 2.79. The van der Waals surface area contributed by atoms with Gasteiger partial charge in [-0.15, -0.1) is 0 Å². The second kappa shape index (κ2) is 5.88. The molecule has 0 fully saturated rings. The zero-order valence-corrected chi connectivity index (χ0v) is 13.9. The lowest BCUT2D eigenvalue weighted by atomic mass is 10.1. The third-order valence-corrected chi connectivity index (χ3v) is 3.57. The number of hydrogen-bond donors (Lipinski definition) is 3. The highest BCUT2D eigenvalue weighted by atomic mass is 16.5. The highest BCUT2D eigenvalue weighted by Gasteiger charge is 2.33. The number of nitrogens with zero attached hydrogens (tertiary/aromatic N) is 4. The van der Waals surface area contributed by atoms with Gasteiger partial charge in [0.1, 0.15) is 12.4 Å². The van der Waals surface area contributed by atoms with Crippen LogP contribution in [0, 0.1) is 0 Å². The van der Waals surface area contributed by atoms with Crippen molar-refractivity contribution in [1.82, 2.24) is 20.4 Å². The first-order chi connectivity index (χ1) is 11.3. The third kappa shape index (κ3) is 3.32. The fourth-order valence-corrected chi connectivity index (χ4v) is 2.56. The smallest absolute Gasteiger partial charge is 0.250 e. The Balaban J connectivity index is 1.78. The Labute approximate surface area is 140 Å². The number of hydrogen-bond acceptors (Lipinski definition) is 8. The molecule has 2 aromatic rings. The number of nitrogen functional groups attached to an aromatic ring is 2. The molecule has 0 aliphatic carbocycles. The molecule has 1 aliphatic rings. The van der Waals surface area contributed by atoms with Crippen LogP contribution in [0.3, 0.4) is 0 Å². The molecule has 8 nitrogen and oxygen atoms in total. The van der Waals surface area contributed by atoms with E-state index in [9.17, 15) is 0 Å². The fraction of sp³-hybridized carbons (Fsp3) is 0.312. The first kappa shape index (κ1) is 15.9. The van der Waals surface area contributed by atoms with E-state index < -0.39 is 0 Å². The van der Waals surface area contributed by atoms with Crippen molar-refractivity contribution in [2.75, 3.05) is 16.5 Å². The molecule has 8 heteroatoms. The maximum absolute atomic E-state index is 5.83. The summed E-state index contributed by atoms with van der Waals surface area (Å²) in [5.74, 6) is 1.74. The van der Waals surface area contributed by atoms with E-state index >= 15 is 0 Å². The van der Waals surface area contributed by atoms with Gasteiger partial charge in [-0.25, -0.2) is 5.01 Å². The van der Waals surface area contributed by atoms with Crippen LogP contribution in [0.5, 0.6) is 5.75 Å². The number of anilines is 3. The zero-order valence-electron chi connectivity index (χ0n) is 13.9. The predicted molar refractivity (Wildman–Crippen MR) is 92.9 cm³/mol. The summed E-state index contributed by atoms with van der Waals surface area (Å²) in [5.41, 5.74) is 16.2. The highest BCUT2D eigenvalue weighted by Crippen LogP contribution is 2.26. The Morgan fingerprint density at radius 1 is 1.12 bits per heavy atom. The van der Waals surface area contributed by atoms with Gasteiger partial charge < -0.3 is 16.2 Å². The fourth-order valence-electron chi connectivity index (χ4n) is 2.56. The van der Waals surface area contributed by atoms with Crippen LogP contribution in [-0.2, 0) is 6.61 Å². The lowest BCUT2D eigenvalue weighted by Crippen LogP contribution is -2.46. The molecule has 24 heavy (non-hydrogen) atoms. The molecular weight excluding hydrogens is 306 g/mol. The monoisotopic (exact) mass is 327 g/mol. The molecule has 0 unspecified atom stereocenters. The van der Waals surface area contributed by atoms with Crippen LogP contribution >= 0.6 is 0 Å². The van der Waals surface area contributed by atoms with Gasteiger partial charge in [-0.1, -0.05) is 0 Å². The van der Waals surface area contributed by atoms with Crippen molar-refractivity contribution >= 4 is 17.6 Å². The maximum Gasteiger partial charge on any atom is 0.250 e. The van der Waals surface area contributed by atoms with Crippen LogP contribution in [0.2, 0.25) is 0 Å². The van der Waals surface area contributed by atoms with E-state index in [1.807, 2.05) is 11.9 Å². The second-order valence-corrected chi connectivity index (χ2v) is 6.20. The molecule has 0 saturated heterocycles. The van der Waals surface area contributed by atoms with E-state index in [1.165, 1.54) is 0 Å². The van der Waals surface area contributed by atoms with Gasteiger partial charge in [-0.2, -0.15) is 15.0 Å². The summed E-state index contributed by atoms with van der Waals surface area (Å²) in [4.78, 5) is 12.8. The Hall–Kier alpha value is -3.03. The summed E-state index contributed by atoms with van der Waals surface area (Å²) >= 11 is 0. The third-order valence-electron chi connectivity index (χ3n) is 3.57. The molecule has 0 saturated carbocycles. The van der Waals surface area contributed by atoms with Gasteiger partial charge in [-0.3, -0.25) is 5.43 Å². The summed E-state index contributed by atoms with van der Waals surface area (Å²) < 4.78 is 5.68. The molecule has 1 aromatic heterocycles. The van der Waals surface area contributed by atoms with Crippen LogP contribution in [0.4, 0.5) is 17.6 Å². The van der Waals surface area contributed by atoms with E-state index in [0.29, 0.717) is 23.2 Å². The molecule has 1 aliphatic heterocycles. The SMILES string of the molecule is CC1=CC(C)(C)N(c2nc(N)nc(COc3ccc(N)cc3)n2)N1. The van der Waals surface area contributed by atoms with Crippen LogP contribution in [0.25, 0.3) is 0 Å². The average molecular weight is 327 g/mol. The summed E-state index contributed by atoms with van der Waals surface area (Å²) in [6.45, 7) is 6.28. The predicted octanol–water partition coefficient (Wildman–Crippen LogP) is 1.62. The molecule has 3 rings (SSSR count). The molecule has 1 aromatic carbocycles.